The molecule has 1 saturated heterocycles. The molecular weight excluding hydrogens is 364 g/mol. The highest BCUT2D eigenvalue weighted by Crippen LogP contribution is 2.28. The van der Waals surface area contributed by atoms with Crippen LogP contribution in [0.1, 0.15) is 17.4 Å². The standard InChI is InChI=1S/C19H24N4O5/c1-3-28-19(26)23-10-8-22(9-11-23)12-15(24)21-16-13-6-4-5-7-14(13)20-17(16)18(25)27-2/h4-7,20H,3,8-12H2,1-2H3,(H,21,24)/p+1. The fourth-order valence-corrected chi connectivity index (χ4v) is 3.33. The van der Waals surface area contributed by atoms with E-state index in [0.717, 1.165) is 15.8 Å². The number of benzene rings is 1. The maximum absolute atomic E-state index is 12.6. The predicted octanol–water partition coefficient (Wildman–Crippen LogP) is 0.250. The Hall–Kier alpha value is -3.07. The van der Waals surface area contributed by atoms with Crippen molar-refractivity contribution < 1.29 is 28.8 Å². The molecule has 0 unspecified atom stereocenters. The second kappa shape index (κ2) is 8.75. The van der Waals surface area contributed by atoms with Crippen molar-refractivity contribution in [3.05, 3.63) is 30.0 Å². The van der Waals surface area contributed by atoms with Gasteiger partial charge in [0.1, 0.15) is 5.69 Å². The molecule has 1 aromatic heterocycles. The van der Waals surface area contributed by atoms with Crippen LogP contribution in [0.3, 0.4) is 0 Å². The molecule has 0 bridgehead atoms. The number of nitrogens with one attached hydrogen (secondary N) is 3. The second-order valence-electron chi connectivity index (χ2n) is 6.57. The van der Waals surface area contributed by atoms with Crippen LogP contribution < -0.4 is 10.2 Å². The van der Waals surface area contributed by atoms with E-state index in [0.29, 0.717) is 38.5 Å². The van der Waals surface area contributed by atoms with Gasteiger partial charge in [-0.25, -0.2) is 9.59 Å². The van der Waals surface area contributed by atoms with E-state index in [1.807, 2.05) is 24.3 Å². The average Bonchev–Trinajstić information content (AvgIpc) is 3.06. The highest BCUT2D eigenvalue weighted by molar-refractivity contribution is 6.11. The van der Waals surface area contributed by atoms with Gasteiger partial charge in [-0.2, -0.15) is 0 Å². The molecule has 3 rings (SSSR count). The number of ether oxygens (including phenoxy) is 2. The minimum absolute atomic E-state index is 0.200. The van der Waals surface area contributed by atoms with Crippen LogP contribution in [-0.2, 0) is 14.3 Å². The van der Waals surface area contributed by atoms with Gasteiger partial charge < -0.3 is 24.7 Å². The number of amides is 2. The number of hydrogen-bond donors (Lipinski definition) is 3. The van der Waals surface area contributed by atoms with Gasteiger partial charge in [-0.1, -0.05) is 18.2 Å². The van der Waals surface area contributed by atoms with Crippen LogP contribution in [0.15, 0.2) is 24.3 Å². The lowest BCUT2D eigenvalue weighted by atomic mass is 10.2. The Morgan fingerprint density at radius 3 is 2.61 bits per heavy atom. The third-order valence-corrected chi connectivity index (χ3v) is 4.77. The molecule has 1 aliphatic heterocycles. The number of aromatic nitrogens is 1. The molecule has 2 amide bonds. The number of quaternary nitrogens is 1. The number of para-hydroxylation sites is 1. The number of H-pyrrole nitrogens is 1. The first kappa shape index (κ1) is 19.7. The van der Waals surface area contributed by atoms with Gasteiger partial charge in [-0.3, -0.25) is 9.69 Å². The van der Waals surface area contributed by atoms with Crippen molar-refractivity contribution in [2.24, 2.45) is 0 Å². The van der Waals surface area contributed by atoms with Crippen LogP contribution in [0.4, 0.5) is 10.5 Å². The third-order valence-electron chi connectivity index (χ3n) is 4.77. The van der Waals surface area contributed by atoms with E-state index in [9.17, 15) is 14.4 Å². The molecular formula is C19H25N4O5+. The summed E-state index contributed by atoms with van der Waals surface area (Å²) >= 11 is 0. The zero-order chi connectivity index (χ0) is 20.1. The Bertz CT molecular complexity index is 870. The Labute approximate surface area is 162 Å². The number of anilines is 1. The molecule has 1 aromatic carbocycles. The smallest absolute Gasteiger partial charge is 0.410 e. The van der Waals surface area contributed by atoms with Crippen molar-refractivity contribution in [3.8, 4) is 0 Å². The molecule has 0 radical (unpaired) electrons. The maximum Gasteiger partial charge on any atom is 0.410 e. The van der Waals surface area contributed by atoms with E-state index in [1.165, 1.54) is 7.11 Å². The molecule has 1 fully saturated rings. The van der Waals surface area contributed by atoms with Crippen LogP contribution >= 0.6 is 0 Å². The molecule has 9 nitrogen and oxygen atoms in total. The van der Waals surface area contributed by atoms with Gasteiger partial charge in [-0.15, -0.1) is 0 Å². The van der Waals surface area contributed by atoms with E-state index in [2.05, 4.69) is 10.3 Å². The van der Waals surface area contributed by atoms with Crippen molar-refractivity contribution in [2.75, 3.05) is 51.8 Å². The van der Waals surface area contributed by atoms with Gasteiger partial charge in [0.25, 0.3) is 5.91 Å². The summed E-state index contributed by atoms with van der Waals surface area (Å²) in [5, 5.41) is 3.60. The monoisotopic (exact) mass is 389 g/mol. The maximum atomic E-state index is 12.6. The Morgan fingerprint density at radius 2 is 1.93 bits per heavy atom. The number of aromatic amines is 1. The lowest BCUT2D eigenvalue weighted by Crippen LogP contribution is -3.15. The quantitative estimate of drug-likeness (QED) is 0.636. The number of piperazine rings is 1. The molecule has 0 atom stereocenters. The second-order valence-corrected chi connectivity index (χ2v) is 6.57. The highest BCUT2D eigenvalue weighted by Gasteiger charge is 2.27. The molecule has 0 saturated carbocycles. The Morgan fingerprint density at radius 1 is 1.21 bits per heavy atom. The van der Waals surface area contributed by atoms with Crippen molar-refractivity contribution in [2.45, 2.75) is 6.92 Å². The average molecular weight is 389 g/mol. The Balaban J connectivity index is 1.64. The number of fused-ring (bicyclic) bond motifs is 1. The number of methoxy groups -OCH3 is 1. The summed E-state index contributed by atoms with van der Waals surface area (Å²) in [6.07, 6.45) is -0.312. The lowest BCUT2D eigenvalue weighted by molar-refractivity contribution is -0.895. The first-order chi connectivity index (χ1) is 13.5. The van der Waals surface area contributed by atoms with Gasteiger partial charge in [-0.05, 0) is 13.0 Å². The normalized spacial score (nSPS) is 14.7. The summed E-state index contributed by atoms with van der Waals surface area (Å²) in [5.41, 5.74) is 1.39. The van der Waals surface area contributed by atoms with Crippen molar-refractivity contribution >= 4 is 34.6 Å². The van der Waals surface area contributed by atoms with E-state index in [4.69, 9.17) is 9.47 Å². The number of carbonyl (C=O) groups excluding carboxylic acids is 3. The molecule has 28 heavy (non-hydrogen) atoms. The van der Waals surface area contributed by atoms with Crippen molar-refractivity contribution in [1.82, 2.24) is 9.88 Å². The molecule has 150 valence electrons. The molecule has 2 heterocycles. The molecule has 9 heteroatoms. The van der Waals surface area contributed by atoms with Gasteiger partial charge in [0.15, 0.2) is 6.54 Å². The minimum Gasteiger partial charge on any atom is -0.464 e. The Kier molecular flexibility index (Phi) is 6.15. The van der Waals surface area contributed by atoms with E-state index < -0.39 is 5.97 Å². The number of hydrogen-bond acceptors (Lipinski definition) is 5. The topological polar surface area (TPSA) is 105 Å². The van der Waals surface area contributed by atoms with Crippen LogP contribution in [-0.4, -0.2) is 74.3 Å². The van der Waals surface area contributed by atoms with Crippen LogP contribution in [0.5, 0.6) is 0 Å². The van der Waals surface area contributed by atoms with Gasteiger partial charge in [0.05, 0.1) is 45.6 Å². The van der Waals surface area contributed by atoms with E-state index in [-0.39, 0.29) is 24.2 Å². The van der Waals surface area contributed by atoms with Crippen molar-refractivity contribution in [1.29, 1.82) is 0 Å². The summed E-state index contributed by atoms with van der Waals surface area (Å²) in [6.45, 7) is 4.77. The number of nitrogens with zero attached hydrogens (tertiary/aromatic N) is 1. The number of esters is 1. The minimum atomic E-state index is -0.540. The molecule has 1 aliphatic rings. The molecule has 0 spiro atoms. The summed E-state index contributed by atoms with van der Waals surface area (Å²) < 4.78 is 9.82. The van der Waals surface area contributed by atoms with Crippen molar-refractivity contribution in [3.63, 3.8) is 0 Å². The molecule has 0 aliphatic carbocycles. The summed E-state index contributed by atoms with van der Waals surface area (Å²) in [5.74, 6) is -0.739. The first-order valence-corrected chi connectivity index (χ1v) is 9.27. The molecule has 2 aromatic rings. The highest BCUT2D eigenvalue weighted by atomic mass is 16.6. The zero-order valence-corrected chi connectivity index (χ0v) is 16.0. The van der Waals surface area contributed by atoms with Gasteiger partial charge in [0, 0.05) is 10.9 Å². The fraction of sp³-hybridized carbons (Fsp3) is 0.421. The summed E-state index contributed by atoms with van der Waals surface area (Å²) in [7, 11) is 1.30. The van der Waals surface area contributed by atoms with E-state index in [1.54, 1.807) is 11.8 Å². The van der Waals surface area contributed by atoms with E-state index >= 15 is 0 Å². The van der Waals surface area contributed by atoms with Crippen LogP contribution in [0.2, 0.25) is 0 Å². The molecule has 3 N–H and O–H groups in total. The number of carbonyl (C=O) groups is 3. The lowest BCUT2D eigenvalue weighted by Gasteiger charge is -2.31. The van der Waals surface area contributed by atoms with Crippen LogP contribution in [0.25, 0.3) is 10.9 Å². The van der Waals surface area contributed by atoms with Crippen LogP contribution in [0, 0.1) is 0 Å². The van der Waals surface area contributed by atoms with Gasteiger partial charge >= 0.3 is 12.1 Å². The first-order valence-electron chi connectivity index (χ1n) is 9.27. The number of rotatable bonds is 5. The predicted molar refractivity (Wildman–Crippen MR) is 102 cm³/mol. The summed E-state index contributed by atoms with van der Waals surface area (Å²) in [6, 6.07) is 7.35. The zero-order valence-electron chi connectivity index (χ0n) is 16.0. The SMILES string of the molecule is CCOC(=O)N1CC[NH+](CC(=O)Nc2c(C(=O)OC)[nH]c3ccccc23)CC1. The summed E-state index contributed by atoms with van der Waals surface area (Å²) in [4.78, 5) is 42.2. The largest absolute Gasteiger partial charge is 0.464 e. The fourth-order valence-electron chi connectivity index (χ4n) is 3.33. The van der Waals surface area contributed by atoms with Gasteiger partial charge in [0.2, 0.25) is 0 Å². The third kappa shape index (κ3) is 4.25.